The molecule has 1 amide bonds. The number of hydrogen-bond donors (Lipinski definition) is 2. The van der Waals surface area contributed by atoms with Crippen molar-refractivity contribution in [1.29, 1.82) is 0 Å². The summed E-state index contributed by atoms with van der Waals surface area (Å²) >= 11 is 6.11. The number of nitrogens with zero attached hydrogens (tertiary/aromatic N) is 2. The lowest BCUT2D eigenvalue weighted by molar-refractivity contribution is -0.137. The number of aliphatic carboxylic acids is 1. The number of carbonyl (C=O) groups is 2. The van der Waals surface area contributed by atoms with Crippen molar-refractivity contribution in [3.63, 3.8) is 0 Å². The molecule has 2 heterocycles. The zero-order valence-corrected chi connectivity index (χ0v) is 14.5. The lowest BCUT2D eigenvalue weighted by Gasteiger charge is -2.08. The van der Waals surface area contributed by atoms with E-state index in [1.54, 1.807) is 0 Å². The third-order valence-corrected chi connectivity index (χ3v) is 5.36. The fourth-order valence-electron chi connectivity index (χ4n) is 2.23. The number of nitrogens with one attached hydrogen (secondary N) is 1. The smallest absolute Gasteiger partial charge is 0.303 e. The lowest BCUT2D eigenvalue weighted by Crippen LogP contribution is -2.35. The summed E-state index contributed by atoms with van der Waals surface area (Å²) in [5.41, 5.74) is -0.764. The summed E-state index contributed by atoms with van der Waals surface area (Å²) in [6.45, 7) is 0.477. The standard InChI is InChI=1S/C12H13Br2N3O5/c13-8-9(14)12(22)17-5-6(4-16(17)11(8)21)10(20)15-3-1-2-7(18)19/h6H,1-5H2,(H,15,20)(H,18,19). The van der Waals surface area contributed by atoms with E-state index in [1.165, 1.54) is 9.36 Å². The van der Waals surface area contributed by atoms with Gasteiger partial charge < -0.3 is 10.4 Å². The molecule has 1 aromatic rings. The van der Waals surface area contributed by atoms with Crippen LogP contribution in [0, 0.1) is 5.92 Å². The Labute approximate surface area is 141 Å². The number of halogens is 2. The quantitative estimate of drug-likeness (QED) is 0.635. The number of rotatable bonds is 5. The summed E-state index contributed by atoms with van der Waals surface area (Å²) in [7, 11) is 0. The highest BCUT2D eigenvalue weighted by atomic mass is 79.9. The van der Waals surface area contributed by atoms with Crippen LogP contribution in [-0.4, -0.2) is 32.9 Å². The fraction of sp³-hybridized carbons (Fsp3) is 0.500. The normalized spacial score (nSPS) is 13.9. The summed E-state index contributed by atoms with van der Waals surface area (Å²) in [5.74, 6) is -1.75. The molecule has 1 aliphatic heterocycles. The number of carboxylic acids is 1. The second kappa shape index (κ2) is 6.78. The van der Waals surface area contributed by atoms with Crippen LogP contribution >= 0.6 is 31.9 Å². The van der Waals surface area contributed by atoms with Crippen LogP contribution in [0.2, 0.25) is 0 Å². The molecule has 2 rings (SSSR count). The van der Waals surface area contributed by atoms with Gasteiger partial charge >= 0.3 is 5.97 Å². The fourth-order valence-corrected chi connectivity index (χ4v) is 2.98. The summed E-state index contributed by atoms with van der Waals surface area (Å²) in [6.07, 6.45) is 0.307. The van der Waals surface area contributed by atoms with Crippen molar-refractivity contribution in [3.05, 3.63) is 29.7 Å². The van der Waals surface area contributed by atoms with Crippen molar-refractivity contribution in [2.45, 2.75) is 25.9 Å². The van der Waals surface area contributed by atoms with E-state index in [1.807, 2.05) is 0 Å². The Bertz CT molecular complexity index is 695. The number of aromatic nitrogens is 2. The first-order chi connectivity index (χ1) is 10.3. The van der Waals surface area contributed by atoms with Gasteiger partial charge in [-0.1, -0.05) is 0 Å². The molecule has 0 spiro atoms. The first-order valence-electron chi connectivity index (χ1n) is 6.51. The van der Waals surface area contributed by atoms with Crippen molar-refractivity contribution < 1.29 is 14.7 Å². The number of hydrogen-bond acceptors (Lipinski definition) is 4. The van der Waals surface area contributed by atoms with Gasteiger partial charge in [0, 0.05) is 13.0 Å². The summed E-state index contributed by atoms with van der Waals surface area (Å²) in [5, 5.41) is 11.2. The number of fused-ring (bicyclic) bond motifs is 1. The minimum absolute atomic E-state index is 0.0238. The molecule has 0 aromatic carbocycles. The highest BCUT2D eigenvalue weighted by Gasteiger charge is 2.30. The van der Waals surface area contributed by atoms with Crippen molar-refractivity contribution in [2.24, 2.45) is 5.92 Å². The third-order valence-electron chi connectivity index (χ3n) is 3.35. The minimum Gasteiger partial charge on any atom is -0.481 e. The second-order valence-corrected chi connectivity index (χ2v) is 6.47. The SMILES string of the molecule is O=C(O)CCCNC(=O)C1Cn2c(=O)c(Br)c(Br)c(=O)n2C1. The van der Waals surface area contributed by atoms with Crippen LogP contribution in [0.15, 0.2) is 18.5 Å². The maximum Gasteiger partial charge on any atom is 0.303 e. The topological polar surface area (TPSA) is 110 Å². The highest BCUT2D eigenvalue weighted by Crippen LogP contribution is 2.18. The van der Waals surface area contributed by atoms with Gasteiger partial charge in [0.2, 0.25) is 5.91 Å². The third kappa shape index (κ3) is 3.32. The van der Waals surface area contributed by atoms with Gasteiger partial charge in [-0.2, -0.15) is 0 Å². The maximum absolute atomic E-state index is 12.1. The Balaban J connectivity index is 2.06. The molecule has 1 aromatic heterocycles. The van der Waals surface area contributed by atoms with E-state index in [0.717, 1.165) is 0 Å². The van der Waals surface area contributed by atoms with E-state index in [0.29, 0.717) is 6.42 Å². The average molecular weight is 439 g/mol. The molecule has 0 atom stereocenters. The molecular weight excluding hydrogens is 426 g/mol. The molecule has 0 aliphatic carbocycles. The summed E-state index contributed by atoms with van der Waals surface area (Å²) in [4.78, 5) is 46.6. The molecular formula is C12H13Br2N3O5. The van der Waals surface area contributed by atoms with Gasteiger partial charge in [-0.15, -0.1) is 0 Å². The van der Waals surface area contributed by atoms with E-state index >= 15 is 0 Å². The summed E-state index contributed by atoms with van der Waals surface area (Å²) in [6, 6.07) is 0. The van der Waals surface area contributed by atoms with E-state index < -0.39 is 11.9 Å². The van der Waals surface area contributed by atoms with Crippen LogP contribution in [0.5, 0.6) is 0 Å². The van der Waals surface area contributed by atoms with Gasteiger partial charge in [-0.05, 0) is 38.3 Å². The van der Waals surface area contributed by atoms with Crippen LogP contribution in [0.25, 0.3) is 0 Å². The average Bonchev–Trinajstić information content (AvgIpc) is 2.92. The van der Waals surface area contributed by atoms with Gasteiger partial charge in [0.15, 0.2) is 0 Å². The zero-order chi connectivity index (χ0) is 16.4. The number of amides is 1. The Morgan fingerprint density at radius 2 is 1.64 bits per heavy atom. The van der Waals surface area contributed by atoms with Crippen LogP contribution in [0.1, 0.15) is 12.8 Å². The predicted octanol–water partition coefficient (Wildman–Crippen LogP) is 0.146. The van der Waals surface area contributed by atoms with Gasteiger partial charge in [0.25, 0.3) is 11.1 Å². The van der Waals surface area contributed by atoms with E-state index in [4.69, 9.17) is 5.11 Å². The zero-order valence-electron chi connectivity index (χ0n) is 11.3. The Hall–Kier alpha value is -1.42. The van der Waals surface area contributed by atoms with Crippen LogP contribution in [0.3, 0.4) is 0 Å². The molecule has 0 bridgehead atoms. The molecule has 120 valence electrons. The molecule has 1 aliphatic rings. The number of carbonyl (C=O) groups excluding carboxylic acids is 1. The molecule has 0 saturated heterocycles. The molecule has 0 unspecified atom stereocenters. The van der Waals surface area contributed by atoms with Crippen molar-refractivity contribution in [3.8, 4) is 0 Å². The van der Waals surface area contributed by atoms with Gasteiger partial charge in [-0.3, -0.25) is 19.2 Å². The maximum atomic E-state index is 12.1. The van der Waals surface area contributed by atoms with Crippen molar-refractivity contribution >= 4 is 43.7 Å². The predicted molar refractivity (Wildman–Crippen MR) is 83.7 cm³/mol. The van der Waals surface area contributed by atoms with Gasteiger partial charge in [0.05, 0.1) is 19.0 Å². The van der Waals surface area contributed by atoms with Crippen LogP contribution in [-0.2, 0) is 22.7 Å². The van der Waals surface area contributed by atoms with E-state index in [9.17, 15) is 19.2 Å². The molecule has 0 saturated carbocycles. The minimum atomic E-state index is -0.921. The Morgan fingerprint density at radius 3 is 2.09 bits per heavy atom. The van der Waals surface area contributed by atoms with E-state index in [-0.39, 0.29) is 52.0 Å². The monoisotopic (exact) mass is 437 g/mol. The molecule has 8 nitrogen and oxygen atoms in total. The first-order valence-corrected chi connectivity index (χ1v) is 8.10. The second-order valence-electron chi connectivity index (χ2n) is 4.89. The number of carboxylic acid groups (broad SMARTS) is 1. The van der Waals surface area contributed by atoms with Gasteiger partial charge in [0.1, 0.15) is 8.95 Å². The Kier molecular flexibility index (Phi) is 5.22. The largest absolute Gasteiger partial charge is 0.481 e. The summed E-state index contributed by atoms with van der Waals surface area (Å²) < 4.78 is 2.74. The Morgan fingerprint density at radius 1 is 1.14 bits per heavy atom. The first kappa shape index (κ1) is 16.9. The van der Waals surface area contributed by atoms with Crippen molar-refractivity contribution in [2.75, 3.05) is 6.54 Å². The molecule has 0 radical (unpaired) electrons. The van der Waals surface area contributed by atoms with Gasteiger partial charge in [-0.25, -0.2) is 9.36 Å². The molecule has 2 N–H and O–H groups in total. The highest BCUT2D eigenvalue weighted by molar-refractivity contribution is 9.13. The molecule has 0 fully saturated rings. The molecule has 10 heteroatoms. The van der Waals surface area contributed by atoms with Crippen LogP contribution in [0.4, 0.5) is 0 Å². The molecule has 22 heavy (non-hydrogen) atoms. The lowest BCUT2D eigenvalue weighted by atomic mass is 10.1. The van der Waals surface area contributed by atoms with E-state index in [2.05, 4.69) is 37.2 Å². The van der Waals surface area contributed by atoms with Crippen LogP contribution < -0.4 is 16.4 Å². The van der Waals surface area contributed by atoms with Crippen molar-refractivity contribution in [1.82, 2.24) is 14.7 Å².